The van der Waals surface area contributed by atoms with Crippen molar-refractivity contribution in [1.29, 1.82) is 0 Å². The maximum Gasteiger partial charge on any atom is 0.293 e. The van der Waals surface area contributed by atoms with Crippen LogP contribution in [0.1, 0.15) is 11.1 Å². The van der Waals surface area contributed by atoms with E-state index in [0.717, 1.165) is 21.4 Å². The maximum atomic E-state index is 12.9. The molecule has 4 aromatic rings. The Hall–Kier alpha value is -4.14. The van der Waals surface area contributed by atoms with E-state index in [9.17, 15) is 9.59 Å². The van der Waals surface area contributed by atoms with Crippen molar-refractivity contribution in [3.63, 3.8) is 0 Å². The summed E-state index contributed by atoms with van der Waals surface area (Å²) in [6, 6.07) is 13.0. The van der Waals surface area contributed by atoms with E-state index in [0.29, 0.717) is 41.6 Å². The third kappa shape index (κ3) is 3.68. The van der Waals surface area contributed by atoms with Crippen molar-refractivity contribution in [3.8, 4) is 22.8 Å². The molecule has 1 aliphatic rings. The lowest BCUT2D eigenvalue weighted by Crippen LogP contribution is -2.30. The van der Waals surface area contributed by atoms with Crippen LogP contribution in [0.2, 0.25) is 0 Å². The minimum atomic E-state index is -0.395. The second-order valence-electron chi connectivity index (χ2n) is 7.68. The third-order valence-electron chi connectivity index (χ3n) is 5.28. The van der Waals surface area contributed by atoms with Crippen molar-refractivity contribution in [3.05, 3.63) is 70.3 Å². The molecule has 0 bridgehead atoms. The van der Waals surface area contributed by atoms with Crippen LogP contribution in [0.4, 0.5) is 5.69 Å². The molecular formula is C23H21N5O4. The number of rotatable bonds is 4. The molecule has 1 amide bonds. The molecule has 5 rings (SSSR count). The van der Waals surface area contributed by atoms with Crippen LogP contribution in [0.5, 0.6) is 11.5 Å². The Morgan fingerprint density at radius 3 is 2.72 bits per heavy atom. The van der Waals surface area contributed by atoms with Gasteiger partial charge in [0.25, 0.3) is 5.56 Å². The van der Waals surface area contributed by atoms with Crippen LogP contribution in [0.25, 0.3) is 16.8 Å². The maximum absolute atomic E-state index is 12.9. The zero-order valence-corrected chi connectivity index (χ0v) is 17.7. The summed E-state index contributed by atoms with van der Waals surface area (Å²) in [5, 5.41) is 11.4. The highest BCUT2D eigenvalue weighted by molar-refractivity contribution is 5.91. The molecule has 2 aromatic heterocycles. The van der Waals surface area contributed by atoms with Gasteiger partial charge in [-0.1, -0.05) is 17.7 Å². The molecule has 32 heavy (non-hydrogen) atoms. The van der Waals surface area contributed by atoms with E-state index in [-0.39, 0.29) is 12.5 Å². The lowest BCUT2D eigenvalue weighted by Gasteiger charge is -2.19. The Balaban J connectivity index is 1.39. The number of ether oxygens (including phenoxy) is 2. The predicted octanol–water partition coefficient (Wildman–Crippen LogP) is 2.58. The van der Waals surface area contributed by atoms with Crippen molar-refractivity contribution < 1.29 is 14.3 Å². The van der Waals surface area contributed by atoms with Gasteiger partial charge in [0.05, 0.1) is 5.69 Å². The van der Waals surface area contributed by atoms with Crippen LogP contribution in [0.15, 0.2) is 53.6 Å². The summed E-state index contributed by atoms with van der Waals surface area (Å²) in [4.78, 5) is 25.5. The van der Waals surface area contributed by atoms with Gasteiger partial charge in [-0.25, -0.2) is 9.20 Å². The van der Waals surface area contributed by atoms with E-state index in [1.807, 2.05) is 32.0 Å². The van der Waals surface area contributed by atoms with Crippen molar-refractivity contribution in [1.82, 2.24) is 19.4 Å². The second kappa shape index (κ2) is 7.84. The van der Waals surface area contributed by atoms with Crippen LogP contribution in [-0.2, 0) is 11.3 Å². The van der Waals surface area contributed by atoms with E-state index < -0.39 is 5.56 Å². The van der Waals surface area contributed by atoms with Crippen molar-refractivity contribution >= 4 is 17.1 Å². The molecule has 0 saturated heterocycles. The van der Waals surface area contributed by atoms with Crippen molar-refractivity contribution in [2.75, 3.05) is 18.5 Å². The summed E-state index contributed by atoms with van der Waals surface area (Å²) in [6.07, 6.45) is 1.43. The smallest absolute Gasteiger partial charge is 0.293 e. The second-order valence-corrected chi connectivity index (χ2v) is 7.68. The molecule has 9 nitrogen and oxygen atoms in total. The molecule has 0 radical (unpaired) electrons. The van der Waals surface area contributed by atoms with Crippen molar-refractivity contribution in [2.24, 2.45) is 0 Å². The first-order chi connectivity index (χ1) is 15.5. The lowest BCUT2D eigenvalue weighted by atomic mass is 10.0. The standard InChI is InChI=1S/C23H21N5O4/c1-14-3-4-15(2)17(9-14)18-11-19-23(30)27(24-13-28(19)26-18)12-22(29)25-16-5-6-20-21(10-16)32-8-7-31-20/h3-6,9-11,13H,7-8,12H2,1-2H3,(H,25,29). The fourth-order valence-electron chi connectivity index (χ4n) is 3.65. The minimum Gasteiger partial charge on any atom is -0.486 e. The van der Waals surface area contributed by atoms with E-state index >= 15 is 0 Å². The van der Waals surface area contributed by atoms with Gasteiger partial charge < -0.3 is 14.8 Å². The number of aromatic nitrogens is 4. The van der Waals surface area contributed by atoms with Crippen LogP contribution < -0.4 is 20.3 Å². The number of anilines is 1. The molecule has 0 unspecified atom stereocenters. The number of fused-ring (bicyclic) bond motifs is 2. The molecule has 162 valence electrons. The molecule has 0 spiro atoms. The number of amides is 1. The Morgan fingerprint density at radius 2 is 1.88 bits per heavy atom. The van der Waals surface area contributed by atoms with Gasteiger partial charge in [-0.05, 0) is 43.7 Å². The zero-order valence-electron chi connectivity index (χ0n) is 17.7. The summed E-state index contributed by atoms with van der Waals surface area (Å²) >= 11 is 0. The molecule has 3 heterocycles. The monoisotopic (exact) mass is 431 g/mol. The van der Waals surface area contributed by atoms with Crippen molar-refractivity contribution in [2.45, 2.75) is 20.4 Å². The van der Waals surface area contributed by atoms with Crippen LogP contribution in [-0.4, -0.2) is 38.5 Å². The third-order valence-corrected chi connectivity index (χ3v) is 5.28. The molecule has 0 atom stereocenters. The van der Waals surface area contributed by atoms with Gasteiger partial charge in [-0.2, -0.15) is 10.2 Å². The van der Waals surface area contributed by atoms with Crippen LogP contribution in [0.3, 0.4) is 0 Å². The van der Waals surface area contributed by atoms with Gasteiger partial charge in [-0.3, -0.25) is 9.59 Å². The molecule has 1 N–H and O–H groups in total. The number of hydrogen-bond donors (Lipinski definition) is 1. The van der Waals surface area contributed by atoms with E-state index in [4.69, 9.17) is 9.47 Å². The summed E-state index contributed by atoms with van der Waals surface area (Å²) < 4.78 is 13.6. The normalized spacial score (nSPS) is 12.7. The molecule has 9 heteroatoms. The van der Waals surface area contributed by atoms with Gasteiger partial charge in [0, 0.05) is 17.3 Å². The summed E-state index contributed by atoms with van der Waals surface area (Å²) in [5.41, 5.74) is 4.31. The number of carbonyl (C=O) groups excluding carboxylic acids is 1. The van der Waals surface area contributed by atoms with E-state index in [1.165, 1.54) is 10.8 Å². The van der Waals surface area contributed by atoms with Gasteiger partial charge in [-0.15, -0.1) is 0 Å². The average Bonchev–Trinajstić information content (AvgIpc) is 3.22. The number of aryl methyl sites for hydroxylation is 2. The Labute approximate surface area is 183 Å². The largest absolute Gasteiger partial charge is 0.486 e. The molecule has 2 aromatic carbocycles. The number of carbonyl (C=O) groups is 1. The molecular weight excluding hydrogens is 410 g/mol. The number of hydrogen-bond acceptors (Lipinski definition) is 6. The summed E-state index contributed by atoms with van der Waals surface area (Å²) in [6.45, 7) is 4.73. The fourth-order valence-corrected chi connectivity index (χ4v) is 3.65. The Bertz CT molecular complexity index is 1410. The average molecular weight is 431 g/mol. The van der Waals surface area contributed by atoms with Crippen LogP contribution >= 0.6 is 0 Å². The SMILES string of the molecule is Cc1ccc(C)c(-c2cc3c(=O)n(CC(=O)Nc4ccc5c(c4)OCCO5)ncn3n2)c1. The Kier molecular flexibility index (Phi) is 4.85. The van der Waals surface area contributed by atoms with Gasteiger partial charge in [0.15, 0.2) is 11.5 Å². The van der Waals surface area contributed by atoms with Gasteiger partial charge >= 0.3 is 0 Å². The van der Waals surface area contributed by atoms with E-state index in [2.05, 4.69) is 15.5 Å². The first-order valence-electron chi connectivity index (χ1n) is 10.2. The zero-order chi connectivity index (χ0) is 22.2. The molecule has 0 fully saturated rings. The number of benzene rings is 2. The van der Waals surface area contributed by atoms with E-state index in [1.54, 1.807) is 24.3 Å². The quantitative estimate of drug-likeness (QED) is 0.533. The predicted molar refractivity (Wildman–Crippen MR) is 118 cm³/mol. The first kappa shape index (κ1) is 19.8. The number of nitrogens with one attached hydrogen (secondary N) is 1. The fraction of sp³-hybridized carbons (Fsp3) is 0.217. The highest BCUT2D eigenvalue weighted by atomic mass is 16.6. The minimum absolute atomic E-state index is 0.228. The lowest BCUT2D eigenvalue weighted by molar-refractivity contribution is -0.117. The molecule has 1 aliphatic heterocycles. The topological polar surface area (TPSA) is 99.8 Å². The summed E-state index contributed by atoms with van der Waals surface area (Å²) in [7, 11) is 0. The first-order valence-corrected chi connectivity index (χ1v) is 10.2. The molecule has 0 saturated carbocycles. The highest BCUT2D eigenvalue weighted by Gasteiger charge is 2.15. The highest BCUT2D eigenvalue weighted by Crippen LogP contribution is 2.32. The Morgan fingerprint density at radius 1 is 1.06 bits per heavy atom. The van der Waals surface area contributed by atoms with Crippen LogP contribution in [0, 0.1) is 13.8 Å². The van der Waals surface area contributed by atoms with Gasteiger partial charge in [0.1, 0.15) is 31.6 Å². The molecule has 0 aliphatic carbocycles. The summed E-state index contributed by atoms with van der Waals surface area (Å²) in [5.74, 6) is 0.830. The number of nitrogens with zero attached hydrogens (tertiary/aromatic N) is 4. The van der Waals surface area contributed by atoms with Gasteiger partial charge in [0.2, 0.25) is 5.91 Å².